The summed E-state index contributed by atoms with van der Waals surface area (Å²) in [5, 5.41) is 13.0. The Balaban J connectivity index is 2.43. The molecule has 114 valence electrons. The topological polar surface area (TPSA) is 44.7 Å². The van der Waals surface area contributed by atoms with E-state index in [-0.39, 0.29) is 0 Å². The molecule has 0 aliphatic carbocycles. The van der Waals surface area contributed by atoms with Crippen LogP contribution >= 0.6 is 15.9 Å². The average Bonchev–Trinajstić information content (AvgIpc) is 2.41. The number of methoxy groups -OCH3 is 1. The van der Waals surface area contributed by atoms with Gasteiger partial charge in [-0.15, -0.1) is 0 Å². The van der Waals surface area contributed by atoms with E-state index < -0.39 is 6.10 Å². The lowest BCUT2D eigenvalue weighted by Crippen LogP contribution is -2.34. The fourth-order valence-electron chi connectivity index (χ4n) is 2.22. The Labute approximate surface area is 130 Å². The molecule has 0 spiro atoms. The van der Waals surface area contributed by atoms with Crippen molar-refractivity contribution in [1.29, 1.82) is 0 Å². The van der Waals surface area contributed by atoms with Crippen LogP contribution in [0.25, 0.3) is 0 Å². The van der Waals surface area contributed by atoms with Crippen molar-refractivity contribution in [3.63, 3.8) is 0 Å². The highest BCUT2D eigenvalue weighted by Crippen LogP contribution is 2.19. The van der Waals surface area contributed by atoms with E-state index in [1.807, 2.05) is 14.1 Å². The molecule has 1 rings (SSSR count). The fourth-order valence-corrected chi connectivity index (χ4v) is 2.48. The largest absolute Gasteiger partial charge is 0.389 e. The van der Waals surface area contributed by atoms with Gasteiger partial charge in [-0.3, -0.25) is 0 Å². The van der Waals surface area contributed by atoms with E-state index in [1.165, 1.54) is 5.56 Å². The van der Waals surface area contributed by atoms with Crippen molar-refractivity contribution in [3.8, 4) is 0 Å². The van der Waals surface area contributed by atoms with Gasteiger partial charge in [0.05, 0.1) is 12.7 Å². The Morgan fingerprint density at radius 2 is 2.00 bits per heavy atom. The number of aliphatic hydroxyl groups excluding tert-OH is 1. The monoisotopic (exact) mass is 344 g/mol. The Kier molecular flexibility index (Phi) is 8.33. The molecule has 0 bridgehead atoms. The molecule has 5 heteroatoms. The van der Waals surface area contributed by atoms with Crippen molar-refractivity contribution in [3.05, 3.63) is 34.3 Å². The van der Waals surface area contributed by atoms with Gasteiger partial charge in [0.15, 0.2) is 0 Å². The molecule has 1 aromatic rings. The van der Waals surface area contributed by atoms with Crippen LogP contribution in [0.2, 0.25) is 0 Å². The van der Waals surface area contributed by atoms with E-state index in [2.05, 4.69) is 50.4 Å². The molecular weight excluding hydrogens is 320 g/mol. The first-order valence-electron chi connectivity index (χ1n) is 6.85. The van der Waals surface area contributed by atoms with Crippen LogP contribution < -0.4 is 5.32 Å². The van der Waals surface area contributed by atoms with Crippen LogP contribution in [0.3, 0.4) is 0 Å². The summed E-state index contributed by atoms with van der Waals surface area (Å²) in [6.45, 7) is 1.93. The van der Waals surface area contributed by atoms with Crippen LogP contribution in [-0.2, 0) is 4.74 Å². The van der Waals surface area contributed by atoms with E-state index in [0.717, 1.165) is 17.4 Å². The molecule has 20 heavy (non-hydrogen) atoms. The smallest absolute Gasteiger partial charge is 0.0899 e. The number of aliphatic hydroxyl groups is 1. The maximum Gasteiger partial charge on any atom is 0.0899 e. The molecule has 4 nitrogen and oxygen atoms in total. The Hall–Kier alpha value is -0.460. The number of ether oxygens (including phenoxy) is 1. The standard InChI is InChI=1S/C15H25BrN2O2/c1-17-15(12-4-6-13(16)7-5-12)8-9-18(2)10-14(19)11-20-3/h4-7,14-15,17,19H,8-11H2,1-3H3. The summed E-state index contributed by atoms with van der Waals surface area (Å²) >= 11 is 3.45. The second kappa shape index (κ2) is 9.47. The van der Waals surface area contributed by atoms with Gasteiger partial charge in [0, 0.05) is 24.2 Å². The zero-order chi connectivity index (χ0) is 15.0. The van der Waals surface area contributed by atoms with Crippen molar-refractivity contribution in [2.45, 2.75) is 18.6 Å². The summed E-state index contributed by atoms with van der Waals surface area (Å²) in [4.78, 5) is 2.13. The number of benzene rings is 1. The van der Waals surface area contributed by atoms with Gasteiger partial charge in [-0.05, 0) is 44.8 Å². The van der Waals surface area contributed by atoms with Gasteiger partial charge >= 0.3 is 0 Å². The number of nitrogens with one attached hydrogen (secondary N) is 1. The summed E-state index contributed by atoms with van der Waals surface area (Å²) in [5.74, 6) is 0. The zero-order valence-electron chi connectivity index (χ0n) is 12.5. The molecule has 0 aliphatic rings. The molecule has 0 heterocycles. The molecule has 2 atom stereocenters. The molecule has 2 unspecified atom stereocenters. The van der Waals surface area contributed by atoms with Crippen LogP contribution in [0.1, 0.15) is 18.0 Å². The number of rotatable bonds is 9. The lowest BCUT2D eigenvalue weighted by molar-refractivity contribution is 0.0426. The summed E-state index contributed by atoms with van der Waals surface area (Å²) in [6, 6.07) is 8.71. The molecule has 2 N–H and O–H groups in total. The van der Waals surface area contributed by atoms with Gasteiger partial charge in [-0.1, -0.05) is 28.1 Å². The molecule has 0 amide bonds. The first-order valence-corrected chi connectivity index (χ1v) is 7.64. The van der Waals surface area contributed by atoms with E-state index in [0.29, 0.717) is 19.2 Å². The normalized spacial score (nSPS) is 14.5. The highest BCUT2D eigenvalue weighted by Gasteiger charge is 2.12. The lowest BCUT2D eigenvalue weighted by atomic mass is 10.0. The average molecular weight is 345 g/mol. The van der Waals surface area contributed by atoms with Gasteiger partial charge in [0.2, 0.25) is 0 Å². The number of nitrogens with zero attached hydrogens (tertiary/aromatic N) is 1. The molecule has 1 aromatic carbocycles. The van der Waals surface area contributed by atoms with E-state index in [4.69, 9.17) is 4.74 Å². The third kappa shape index (κ3) is 6.33. The molecular formula is C15H25BrN2O2. The maximum atomic E-state index is 9.70. The highest BCUT2D eigenvalue weighted by molar-refractivity contribution is 9.10. The summed E-state index contributed by atoms with van der Waals surface area (Å²) < 4.78 is 6.03. The van der Waals surface area contributed by atoms with Crippen LogP contribution in [-0.4, -0.2) is 57.0 Å². The predicted octanol–water partition coefficient (Wildman–Crippen LogP) is 2.04. The molecule has 0 aromatic heterocycles. The molecule has 0 saturated carbocycles. The van der Waals surface area contributed by atoms with Gasteiger partial charge < -0.3 is 20.1 Å². The Bertz CT molecular complexity index is 373. The number of halogens is 1. The van der Waals surface area contributed by atoms with Crippen LogP contribution in [0, 0.1) is 0 Å². The molecule has 0 aliphatic heterocycles. The van der Waals surface area contributed by atoms with Gasteiger partial charge in [-0.25, -0.2) is 0 Å². The van der Waals surface area contributed by atoms with Gasteiger partial charge in [0.25, 0.3) is 0 Å². The first-order chi connectivity index (χ1) is 9.56. The minimum atomic E-state index is -0.425. The zero-order valence-corrected chi connectivity index (χ0v) is 14.1. The number of hydrogen-bond donors (Lipinski definition) is 2. The van der Waals surface area contributed by atoms with Crippen molar-refractivity contribution >= 4 is 15.9 Å². The van der Waals surface area contributed by atoms with Crippen molar-refractivity contribution in [2.75, 3.05) is 40.9 Å². The second-order valence-electron chi connectivity index (χ2n) is 5.05. The molecule has 0 fully saturated rings. The number of likely N-dealkylation sites (N-methyl/N-ethyl adjacent to an activating group) is 1. The highest BCUT2D eigenvalue weighted by atomic mass is 79.9. The molecule has 0 radical (unpaired) electrons. The Morgan fingerprint density at radius 1 is 1.35 bits per heavy atom. The Morgan fingerprint density at radius 3 is 2.55 bits per heavy atom. The maximum absolute atomic E-state index is 9.70. The van der Waals surface area contributed by atoms with Gasteiger partial charge in [-0.2, -0.15) is 0 Å². The van der Waals surface area contributed by atoms with Crippen molar-refractivity contribution in [1.82, 2.24) is 10.2 Å². The van der Waals surface area contributed by atoms with Gasteiger partial charge in [0.1, 0.15) is 0 Å². The van der Waals surface area contributed by atoms with Crippen LogP contribution in [0.15, 0.2) is 28.7 Å². The third-order valence-corrected chi connectivity index (χ3v) is 3.83. The SMILES string of the molecule is CNC(CCN(C)CC(O)COC)c1ccc(Br)cc1. The third-order valence-electron chi connectivity index (χ3n) is 3.30. The molecule has 0 saturated heterocycles. The van der Waals surface area contributed by atoms with Crippen LogP contribution in [0.4, 0.5) is 0 Å². The summed E-state index contributed by atoms with van der Waals surface area (Å²) in [7, 11) is 5.60. The summed E-state index contributed by atoms with van der Waals surface area (Å²) in [5.41, 5.74) is 1.28. The fraction of sp³-hybridized carbons (Fsp3) is 0.600. The number of hydrogen-bond acceptors (Lipinski definition) is 4. The summed E-state index contributed by atoms with van der Waals surface area (Å²) in [6.07, 6.45) is 0.569. The van der Waals surface area contributed by atoms with E-state index in [1.54, 1.807) is 7.11 Å². The minimum absolute atomic E-state index is 0.324. The second-order valence-corrected chi connectivity index (χ2v) is 5.97. The lowest BCUT2D eigenvalue weighted by Gasteiger charge is -2.23. The minimum Gasteiger partial charge on any atom is -0.389 e. The van der Waals surface area contributed by atoms with Crippen LogP contribution in [0.5, 0.6) is 0 Å². The first kappa shape index (κ1) is 17.6. The van der Waals surface area contributed by atoms with E-state index >= 15 is 0 Å². The van der Waals surface area contributed by atoms with E-state index in [9.17, 15) is 5.11 Å². The van der Waals surface area contributed by atoms with Crippen molar-refractivity contribution < 1.29 is 9.84 Å². The predicted molar refractivity (Wildman–Crippen MR) is 85.9 cm³/mol. The quantitative estimate of drug-likeness (QED) is 0.719. The van der Waals surface area contributed by atoms with Crippen molar-refractivity contribution in [2.24, 2.45) is 0 Å².